The van der Waals surface area contributed by atoms with Crippen LogP contribution in [0.25, 0.3) is 6.08 Å². The largest absolute Gasteiger partial charge is 0.330 e. The van der Waals surface area contributed by atoms with Crippen LogP contribution in [0.2, 0.25) is 0 Å². The number of nitrogens with one attached hydrogen (secondary N) is 1. The Balaban J connectivity index is 2.64. The second-order valence-corrected chi connectivity index (χ2v) is 6.01. The molecule has 0 fully saturated rings. The molecule has 0 amide bonds. The van der Waals surface area contributed by atoms with E-state index in [2.05, 4.69) is 20.7 Å². The fourth-order valence-electron chi connectivity index (χ4n) is 1.14. The van der Waals surface area contributed by atoms with Crippen molar-refractivity contribution in [1.29, 1.82) is 0 Å². The van der Waals surface area contributed by atoms with E-state index < -0.39 is 10.0 Å². The molecule has 0 aromatic heterocycles. The molecule has 0 aliphatic rings. The fraction of sp³-hybridized carbons (Fsp3) is 0.273. The maximum atomic E-state index is 11.5. The maximum Gasteiger partial charge on any atom is 0.233 e. The normalized spacial score (nSPS) is 12.1. The van der Waals surface area contributed by atoms with Gasteiger partial charge in [0.25, 0.3) is 0 Å². The highest BCUT2D eigenvalue weighted by Crippen LogP contribution is 2.13. The van der Waals surface area contributed by atoms with E-state index in [4.69, 9.17) is 5.73 Å². The van der Waals surface area contributed by atoms with Gasteiger partial charge in [-0.05, 0) is 36.7 Å². The Morgan fingerprint density at radius 2 is 2.18 bits per heavy atom. The molecule has 6 heteroatoms. The van der Waals surface area contributed by atoms with Gasteiger partial charge in [-0.15, -0.1) is 0 Å². The number of hydrogen-bond donors (Lipinski definition) is 2. The van der Waals surface area contributed by atoms with Crippen LogP contribution in [-0.2, 0) is 10.0 Å². The van der Waals surface area contributed by atoms with Gasteiger partial charge in [0.1, 0.15) is 0 Å². The van der Waals surface area contributed by atoms with Crippen molar-refractivity contribution in [2.24, 2.45) is 5.73 Å². The number of benzene rings is 1. The number of nitrogens with two attached hydrogens (primary N) is 1. The van der Waals surface area contributed by atoms with Crippen molar-refractivity contribution in [3.05, 3.63) is 39.7 Å². The quantitative estimate of drug-likeness (QED) is 0.784. The van der Waals surface area contributed by atoms with E-state index in [9.17, 15) is 8.42 Å². The smallest absolute Gasteiger partial charge is 0.233 e. The summed E-state index contributed by atoms with van der Waals surface area (Å²) in [7, 11) is -3.37. The van der Waals surface area contributed by atoms with Gasteiger partial charge in [-0.2, -0.15) is 0 Å². The van der Waals surface area contributed by atoms with Crippen LogP contribution in [0, 0.1) is 0 Å². The number of sulfonamides is 1. The van der Waals surface area contributed by atoms with Crippen LogP contribution in [-0.4, -0.2) is 21.5 Å². The molecule has 0 aliphatic carbocycles. The Hall–Kier alpha value is -0.690. The van der Waals surface area contributed by atoms with Crippen LogP contribution in [0.5, 0.6) is 0 Å². The molecular weight excluding hydrogens is 304 g/mol. The summed E-state index contributed by atoms with van der Waals surface area (Å²) < 4.78 is 26.4. The molecule has 0 heterocycles. The number of rotatable bonds is 6. The summed E-state index contributed by atoms with van der Waals surface area (Å²) in [6, 6.07) is 7.39. The Bertz CT molecular complexity index is 486. The van der Waals surface area contributed by atoms with E-state index in [1.54, 1.807) is 6.08 Å². The average Bonchev–Trinajstić information content (AvgIpc) is 2.27. The lowest BCUT2D eigenvalue weighted by Gasteiger charge is -2.00. The number of halogens is 1. The first-order chi connectivity index (χ1) is 8.03. The molecule has 94 valence electrons. The van der Waals surface area contributed by atoms with Crippen LogP contribution < -0.4 is 10.5 Å². The van der Waals surface area contributed by atoms with Gasteiger partial charge in [-0.1, -0.05) is 28.1 Å². The summed E-state index contributed by atoms with van der Waals surface area (Å²) in [5.74, 6) is 0. The summed E-state index contributed by atoms with van der Waals surface area (Å²) >= 11 is 3.32. The molecule has 0 saturated carbocycles. The highest BCUT2D eigenvalue weighted by Gasteiger charge is 2.02. The molecule has 4 nitrogen and oxygen atoms in total. The Morgan fingerprint density at radius 3 is 2.82 bits per heavy atom. The van der Waals surface area contributed by atoms with Crippen LogP contribution >= 0.6 is 15.9 Å². The fourth-order valence-corrected chi connectivity index (χ4v) is 2.42. The molecule has 1 aromatic rings. The van der Waals surface area contributed by atoms with Gasteiger partial charge in [-0.3, -0.25) is 0 Å². The van der Waals surface area contributed by atoms with Crippen molar-refractivity contribution in [2.45, 2.75) is 6.42 Å². The Morgan fingerprint density at radius 1 is 1.41 bits per heavy atom. The molecule has 1 aromatic carbocycles. The van der Waals surface area contributed by atoms with Gasteiger partial charge in [0, 0.05) is 16.4 Å². The predicted octanol–water partition coefficient (Wildman–Crippen LogP) is 1.69. The van der Waals surface area contributed by atoms with Crippen molar-refractivity contribution in [2.75, 3.05) is 13.1 Å². The van der Waals surface area contributed by atoms with E-state index in [1.807, 2.05) is 24.3 Å². The zero-order chi connectivity index (χ0) is 12.7. The molecule has 0 radical (unpaired) electrons. The van der Waals surface area contributed by atoms with Crippen molar-refractivity contribution in [3.8, 4) is 0 Å². The van der Waals surface area contributed by atoms with Gasteiger partial charge in [0.15, 0.2) is 0 Å². The third kappa shape index (κ3) is 5.97. The van der Waals surface area contributed by atoms with Gasteiger partial charge in [0.2, 0.25) is 10.0 Å². The Labute approximate surface area is 110 Å². The third-order valence-corrected chi connectivity index (χ3v) is 3.57. The standard InChI is InChI=1S/C11H15BrN2O2S/c12-11-4-1-3-10(9-11)5-8-17(15,16)14-7-2-6-13/h1,3-5,8-9,14H,2,6-7,13H2/b8-5+. The predicted molar refractivity (Wildman–Crippen MR) is 73.8 cm³/mol. The molecule has 1 rings (SSSR count). The summed E-state index contributed by atoms with van der Waals surface area (Å²) in [6.07, 6.45) is 2.18. The minimum atomic E-state index is -3.37. The molecule has 3 N–H and O–H groups in total. The zero-order valence-electron chi connectivity index (χ0n) is 9.27. The molecule has 0 spiro atoms. The molecular formula is C11H15BrN2O2S. The van der Waals surface area contributed by atoms with Gasteiger partial charge in [0.05, 0.1) is 0 Å². The minimum Gasteiger partial charge on any atom is -0.330 e. The first kappa shape index (κ1) is 14.4. The topological polar surface area (TPSA) is 72.2 Å². The van der Waals surface area contributed by atoms with Crippen LogP contribution in [0.3, 0.4) is 0 Å². The second kappa shape index (κ2) is 6.90. The molecule has 0 saturated heterocycles. The van der Waals surface area contributed by atoms with Crippen molar-refractivity contribution in [1.82, 2.24) is 4.72 Å². The van der Waals surface area contributed by atoms with Gasteiger partial charge in [-0.25, -0.2) is 13.1 Å². The summed E-state index contributed by atoms with van der Waals surface area (Å²) in [5.41, 5.74) is 6.10. The summed E-state index contributed by atoms with van der Waals surface area (Å²) in [5, 5.41) is 1.16. The molecule has 0 atom stereocenters. The van der Waals surface area contributed by atoms with E-state index in [-0.39, 0.29) is 0 Å². The highest BCUT2D eigenvalue weighted by atomic mass is 79.9. The van der Waals surface area contributed by atoms with Gasteiger partial charge >= 0.3 is 0 Å². The van der Waals surface area contributed by atoms with E-state index in [1.165, 1.54) is 0 Å². The molecule has 0 unspecified atom stereocenters. The second-order valence-electron chi connectivity index (χ2n) is 3.44. The first-order valence-electron chi connectivity index (χ1n) is 5.17. The lowest BCUT2D eigenvalue weighted by atomic mass is 10.2. The Kier molecular flexibility index (Phi) is 5.84. The maximum absolute atomic E-state index is 11.5. The average molecular weight is 319 g/mol. The number of hydrogen-bond acceptors (Lipinski definition) is 3. The monoisotopic (exact) mass is 318 g/mol. The minimum absolute atomic E-state index is 0.363. The lowest BCUT2D eigenvalue weighted by Crippen LogP contribution is -2.24. The zero-order valence-corrected chi connectivity index (χ0v) is 11.7. The molecule has 0 aliphatic heterocycles. The van der Waals surface area contributed by atoms with Crippen LogP contribution in [0.15, 0.2) is 34.1 Å². The van der Waals surface area contributed by atoms with E-state index in [0.29, 0.717) is 19.5 Å². The van der Waals surface area contributed by atoms with Crippen molar-refractivity contribution >= 4 is 32.0 Å². The van der Waals surface area contributed by atoms with E-state index in [0.717, 1.165) is 15.4 Å². The third-order valence-electron chi connectivity index (χ3n) is 1.97. The van der Waals surface area contributed by atoms with Crippen LogP contribution in [0.4, 0.5) is 0 Å². The first-order valence-corrected chi connectivity index (χ1v) is 7.51. The van der Waals surface area contributed by atoms with Crippen molar-refractivity contribution in [3.63, 3.8) is 0 Å². The molecule has 17 heavy (non-hydrogen) atoms. The van der Waals surface area contributed by atoms with Crippen LogP contribution in [0.1, 0.15) is 12.0 Å². The SMILES string of the molecule is NCCCNS(=O)(=O)/C=C/c1cccc(Br)c1. The summed E-state index contributed by atoms with van der Waals surface area (Å²) in [6.45, 7) is 0.833. The lowest BCUT2D eigenvalue weighted by molar-refractivity contribution is 0.589. The van der Waals surface area contributed by atoms with E-state index >= 15 is 0 Å². The summed E-state index contributed by atoms with van der Waals surface area (Å²) in [4.78, 5) is 0. The molecule has 0 bridgehead atoms. The highest BCUT2D eigenvalue weighted by molar-refractivity contribution is 9.10. The van der Waals surface area contributed by atoms with Crippen molar-refractivity contribution < 1.29 is 8.42 Å². The van der Waals surface area contributed by atoms with Gasteiger partial charge < -0.3 is 5.73 Å².